The molecule has 1 unspecified atom stereocenters. The number of carbonyl (C=O) groups excluding carboxylic acids is 1. The van der Waals surface area contributed by atoms with Gasteiger partial charge in [0.25, 0.3) is 5.91 Å². The Morgan fingerprint density at radius 2 is 2.21 bits per heavy atom. The maximum Gasteiger partial charge on any atom is 0.253 e. The van der Waals surface area contributed by atoms with Gasteiger partial charge in [0.15, 0.2) is 0 Å². The van der Waals surface area contributed by atoms with Gasteiger partial charge >= 0.3 is 0 Å². The van der Waals surface area contributed by atoms with Crippen molar-refractivity contribution in [3.8, 4) is 11.5 Å². The number of methoxy groups -OCH3 is 2. The highest BCUT2D eigenvalue weighted by Crippen LogP contribution is 2.33. The van der Waals surface area contributed by atoms with E-state index >= 15 is 0 Å². The highest BCUT2D eigenvalue weighted by Gasteiger charge is 2.28. The molecule has 1 heterocycles. The van der Waals surface area contributed by atoms with Crippen molar-refractivity contribution in [2.45, 2.75) is 6.10 Å². The maximum atomic E-state index is 12.0. The molecule has 1 aromatic carbocycles. The number of rotatable bonds is 4. The van der Waals surface area contributed by atoms with Crippen LogP contribution in [0.4, 0.5) is 5.69 Å². The molecule has 1 saturated heterocycles. The van der Waals surface area contributed by atoms with Crippen molar-refractivity contribution in [1.82, 2.24) is 0 Å². The summed E-state index contributed by atoms with van der Waals surface area (Å²) >= 11 is 0. The van der Waals surface area contributed by atoms with Gasteiger partial charge in [-0.2, -0.15) is 0 Å². The molecular formula is C13H18N2O4. The minimum absolute atomic E-state index is 0.0300. The fraction of sp³-hybridized carbons (Fsp3) is 0.462. The fourth-order valence-corrected chi connectivity index (χ4v) is 2.01. The molecule has 6 nitrogen and oxygen atoms in total. The van der Waals surface area contributed by atoms with Crippen LogP contribution >= 0.6 is 0 Å². The minimum Gasteiger partial charge on any atom is -0.497 e. The Hall–Kier alpha value is -1.79. The largest absolute Gasteiger partial charge is 0.497 e. The average molecular weight is 266 g/mol. The molecule has 1 atom stereocenters. The van der Waals surface area contributed by atoms with Gasteiger partial charge in [-0.15, -0.1) is 0 Å². The van der Waals surface area contributed by atoms with E-state index in [2.05, 4.69) is 0 Å². The van der Waals surface area contributed by atoms with Crippen LogP contribution in [-0.4, -0.2) is 45.9 Å². The molecule has 19 heavy (non-hydrogen) atoms. The maximum absolute atomic E-state index is 12.0. The van der Waals surface area contributed by atoms with Crippen LogP contribution in [0.25, 0.3) is 0 Å². The van der Waals surface area contributed by atoms with Gasteiger partial charge in [0.1, 0.15) is 18.1 Å². The number of carbonyl (C=O) groups is 1. The smallest absolute Gasteiger partial charge is 0.253 e. The van der Waals surface area contributed by atoms with Crippen LogP contribution in [0.1, 0.15) is 0 Å². The van der Waals surface area contributed by atoms with E-state index in [-0.39, 0.29) is 18.6 Å². The second-order valence-corrected chi connectivity index (χ2v) is 4.21. The fourth-order valence-electron chi connectivity index (χ4n) is 2.01. The lowest BCUT2D eigenvalue weighted by Crippen LogP contribution is -2.49. The molecule has 1 fully saturated rings. The summed E-state index contributed by atoms with van der Waals surface area (Å²) in [7, 11) is 3.14. The van der Waals surface area contributed by atoms with Crippen LogP contribution in [0, 0.1) is 0 Å². The number of nitrogens with zero attached hydrogens (tertiary/aromatic N) is 1. The Balaban J connectivity index is 2.34. The van der Waals surface area contributed by atoms with Gasteiger partial charge < -0.3 is 24.8 Å². The highest BCUT2D eigenvalue weighted by molar-refractivity contribution is 5.96. The van der Waals surface area contributed by atoms with E-state index in [1.54, 1.807) is 37.3 Å². The van der Waals surface area contributed by atoms with E-state index in [9.17, 15) is 4.79 Å². The summed E-state index contributed by atoms with van der Waals surface area (Å²) in [6.07, 6.45) is -0.159. The summed E-state index contributed by atoms with van der Waals surface area (Å²) in [5.74, 6) is 1.17. The molecule has 1 aliphatic rings. The van der Waals surface area contributed by atoms with Crippen molar-refractivity contribution >= 4 is 11.6 Å². The standard InChI is InChI=1S/C13H18N2O4/c1-17-9-3-4-12(18-2)11(5-9)15-7-10(6-14)19-8-13(15)16/h3-5,10H,6-8,14H2,1-2H3. The predicted molar refractivity (Wildman–Crippen MR) is 70.7 cm³/mol. The third kappa shape index (κ3) is 2.80. The van der Waals surface area contributed by atoms with E-state index in [0.717, 1.165) is 0 Å². The first-order chi connectivity index (χ1) is 9.19. The lowest BCUT2D eigenvalue weighted by molar-refractivity contribution is -0.128. The Kier molecular flexibility index (Phi) is 4.24. The van der Waals surface area contributed by atoms with Crippen LogP contribution in [0.3, 0.4) is 0 Å². The molecule has 0 aromatic heterocycles. The van der Waals surface area contributed by atoms with Gasteiger partial charge in [0, 0.05) is 12.6 Å². The zero-order valence-electron chi connectivity index (χ0n) is 11.1. The molecule has 0 spiro atoms. The SMILES string of the molecule is COc1ccc(OC)c(N2CC(CN)OCC2=O)c1. The van der Waals surface area contributed by atoms with E-state index in [4.69, 9.17) is 19.9 Å². The zero-order valence-corrected chi connectivity index (χ0v) is 11.1. The normalized spacial score (nSPS) is 19.4. The average Bonchev–Trinajstić information content (AvgIpc) is 2.47. The summed E-state index contributed by atoms with van der Waals surface area (Å²) in [5, 5.41) is 0. The third-order valence-electron chi connectivity index (χ3n) is 3.07. The van der Waals surface area contributed by atoms with Crippen molar-refractivity contribution in [3.05, 3.63) is 18.2 Å². The molecule has 2 N–H and O–H groups in total. The topological polar surface area (TPSA) is 74.0 Å². The first-order valence-corrected chi connectivity index (χ1v) is 6.03. The van der Waals surface area contributed by atoms with E-state index in [0.29, 0.717) is 30.3 Å². The molecule has 1 aliphatic heterocycles. The van der Waals surface area contributed by atoms with Crippen molar-refractivity contribution in [2.24, 2.45) is 5.73 Å². The highest BCUT2D eigenvalue weighted by atomic mass is 16.5. The van der Waals surface area contributed by atoms with Crippen molar-refractivity contribution in [1.29, 1.82) is 0 Å². The van der Waals surface area contributed by atoms with E-state index < -0.39 is 0 Å². The summed E-state index contributed by atoms with van der Waals surface area (Å²) in [5.41, 5.74) is 6.27. The lowest BCUT2D eigenvalue weighted by atomic mass is 10.2. The van der Waals surface area contributed by atoms with Gasteiger partial charge in [-0.3, -0.25) is 4.79 Å². The van der Waals surface area contributed by atoms with E-state index in [1.165, 1.54) is 0 Å². The number of morpholine rings is 1. The van der Waals surface area contributed by atoms with Crippen LogP contribution in [0.15, 0.2) is 18.2 Å². The molecule has 0 bridgehead atoms. The van der Waals surface area contributed by atoms with Crippen LogP contribution < -0.4 is 20.1 Å². The van der Waals surface area contributed by atoms with Crippen LogP contribution in [0.2, 0.25) is 0 Å². The zero-order chi connectivity index (χ0) is 13.8. The summed E-state index contributed by atoms with van der Waals surface area (Å²) in [4.78, 5) is 13.6. The molecule has 0 aliphatic carbocycles. The minimum atomic E-state index is -0.159. The molecule has 6 heteroatoms. The number of nitrogens with two attached hydrogens (primary N) is 1. The van der Waals surface area contributed by atoms with Crippen molar-refractivity contribution in [2.75, 3.05) is 38.8 Å². The molecular weight excluding hydrogens is 248 g/mol. The Labute approximate surface area is 112 Å². The molecule has 2 rings (SSSR count). The number of benzene rings is 1. The number of anilines is 1. The molecule has 0 radical (unpaired) electrons. The summed E-state index contributed by atoms with van der Waals surface area (Å²) in [6.45, 7) is 0.817. The van der Waals surface area contributed by atoms with Crippen LogP contribution in [-0.2, 0) is 9.53 Å². The summed E-state index contributed by atoms with van der Waals surface area (Å²) < 4.78 is 15.8. The Morgan fingerprint density at radius 3 is 2.84 bits per heavy atom. The molecule has 104 valence electrons. The van der Waals surface area contributed by atoms with Gasteiger partial charge in [0.05, 0.1) is 32.6 Å². The Bertz CT molecular complexity index is 464. The third-order valence-corrected chi connectivity index (χ3v) is 3.07. The van der Waals surface area contributed by atoms with Gasteiger partial charge in [0.2, 0.25) is 0 Å². The van der Waals surface area contributed by atoms with E-state index in [1.807, 2.05) is 0 Å². The predicted octanol–water partition coefficient (Wildman–Crippen LogP) is 0.394. The molecule has 1 amide bonds. The second kappa shape index (κ2) is 5.90. The number of hydrogen-bond acceptors (Lipinski definition) is 5. The first-order valence-electron chi connectivity index (χ1n) is 6.03. The lowest BCUT2D eigenvalue weighted by Gasteiger charge is -2.33. The molecule has 1 aromatic rings. The van der Waals surface area contributed by atoms with Crippen LogP contribution in [0.5, 0.6) is 11.5 Å². The number of ether oxygens (including phenoxy) is 3. The van der Waals surface area contributed by atoms with Crippen molar-refractivity contribution in [3.63, 3.8) is 0 Å². The van der Waals surface area contributed by atoms with Crippen molar-refractivity contribution < 1.29 is 19.0 Å². The second-order valence-electron chi connectivity index (χ2n) is 4.21. The van der Waals surface area contributed by atoms with Gasteiger partial charge in [-0.1, -0.05) is 0 Å². The van der Waals surface area contributed by atoms with Gasteiger partial charge in [-0.25, -0.2) is 0 Å². The Morgan fingerprint density at radius 1 is 1.42 bits per heavy atom. The number of amides is 1. The monoisotopic (exact) mass is 266 g/mol. The number of hydrogen-bond donors (Lipinski definition) is 1. The molecule has 0 saturated carbocycles. The first kappa shape index (κ1) is 13.6. The van der Waals surface area contributed by atoms with Gasteiger partial charge in [-0.05, 0) is 12.1 Å². The quantitative estimate of drug-likeness (QED) is 0.853. The summed E-state index contributed by atoms with van der Waals surface area (Å²) in [6, 6.07) is 5.33.